The minimum Gasteiger partial charge on any atom is -0.321 e. The van der Waals surface area contributed by atoms with Gasteiger partial charge < -0.3 is 4.90 Å². The largest absolute Gasteiger partial charge is 0.321 e. The summed E-state index contributed by atoms with van der Waals surface area (Å²) in [6.07, 6.45) is 9.03. The standard InChI is InChI=1S/C17H26N2OS/c1-2-14-17(20)19(11-5-9-13-7-3-4-8-13)16(18-14)15-10-6-12-21-15/h6,10,12-14,16,18H,2-5,7-9,11H2,1H3. The summed E-state index contributed by atoms with van der Waals surface area (Å²) in [4.78, 5) is 15.9. The van der Waals surface area contributed by atoms with Gasteiger partial charge in [-0.3, -0.25) is 10.1 Å². The maximum atomic E-state index is 12.5. The lowest BCUT2D eigenvalue weighted by atomic mass is 10.0. The van der Waals surface area contributed by atoms with Crippen LogP contribution in [0, 0.1) is 5.92 Å². The molecular formula is C17H26N2OS. The molecule has 1 saturated carbocycles. The van der Waals surface area contributed by atoms with E-state index in [1.54, 1.807) is 11.3 Å². The van der Waals surface area contributed by atoms with Crippen LogP contribution in [-0.2, 0) is 4.79 Å². The quantitative estimate of drug-likeness (QED) is 0.863. The first-order chi connectivity index (χ1) is 10.3. The number of carbonyl (C=O) groups excluding carboxylic acids is 1. The fourth-order valence-corrected chi connectivity index (χ4v) is 4.54. The summed E-state index contributed by atoms with van der Waals surface area (Å²) in [5.41, 5.74) is 0. The Hall–Kier alpha value is -0.870. The Morgan fingerprint density at radius 3 is 2.86 bits per heavy atom. The van der Waals surface area contributed by atoms with Crippen molar-refractivity contribution in [1.82, 2.24) is 10.2 Å². The highest BCUT2D eigenvalue weighted by Crippen LogP contribution is 2.32. The van der Waals surface area contributed by atoms with Crippen LogP contribution in [0.3, 0.4) is 0 Å². The summed E-state index contributed by atoms with van der Waals surface area (Å²) >= 11 is 1.74. The third-order valence-corrected chi connectivity index (χ3v) is 5.88. The third-order valence-electron chi connectivity index (χ3n) is 4.96. The van der Waals surface area contributed by atoms with Gasteiger partial charge in [-0.2, -0.15) is 0 Å². The van der Waals surface area contributed by atoms with Gasteiger partial charge in [-0.15, -0.1) is 11.3 Å². The number of nitrogens with zero attached hydrogens (tertiary/aromatic N) is 1. The summed E-state index contributed by atoms with van der Waals surface area (Å²) in [7, 11) is 0. The number of amides is 1. The molecule has 4 heteroatoms. The molecule has 2 aliphatic rings. The lowest BCUT2D eigenvalue weighted by molar-refractivity contribution is -0.130. The molecule has 2 fully saturated rings. The molecule has 1 saturated heterocycles. The zero-order valence-electron chi connectivity index (χ0n) is 12.9. The van der Waals surface area contributed by atoms with Crippen molar-refractivity contribution < 1.29 is 4.79 Å². The number of hydrogen-bond acceptors (Lipinski definition) is 3. The van der Waals surface area contributed by atoms with Gasteiger partial charge >= 0.3 is 0 Å². The maximum Gasteiger partial charge on any atom is 0.241 e. The molecule has 3 nitrogen and oxygen atoms in total. The Balaban J connectivity index is 1.60. The topological polar surface area (TPSA) is 32.3 Å². The summed E-state index contributed by atoms with van der Waals surface area (Å²) in [5, 5.41) is 5.60. The molecule has 0 aromatic carbocycles. The van der Waals surface area contributed by atoms with E-state index in [1.807, 2.05) is 0 Å². The molecule has 1 N–H and O–H groups in total. The molecule has 1 aromatic heterocycles. The van der Waals surface area contributed by atoms with Gasteiger partial charge in [0.05, 0.1) is 6.04 Å². The average Bonchev–Trinajstić information content (AvgIpc) is 3.21. The molecule has 2 heterocycles. The molecule has 2 unspecified atom stereocenters. The van der Waals surface area contributed by atoms with E-state index in [1.165, 1.54) is 37.0 Å². The smallest absolute Gasteiger partial charge is 0.241 e. The SMILES string of the molecule is CCC1NC(c2cccs2)N(CCCC2CCCC2)C1=O. The highest BCUT2D eigenvalue weighted by atomic mass is 32.1. The van der Waals surface area contributed by atoms with Crippen molar-refractivity contribution in [2.75, 3.05) is 6.54 Å². The lowest BCUT2D eigenvalue weighted by Crippen LogP contribution is -2.31. The number of thiophene rings is 1. The van der Waals surface area contributed by atoms with Gasteiger partial charge in [-0.1, -0.05) is 38.7 Å². The van der Waals surface area contributed by atoms with Crippen LogP contribution in [0.4, 0.5) is 0 Å². The molecule has 0 radical (unpaired) electrons. The monoisotopic (exact) mass is 306 g/mol. The molecule has 116 valence electrons. The van der Waals surface area contributed by atoms with Crippen molar-refractivity contribution in [2.45, 2.75) is 64.1 Å². The van der Waals surface area contributed by atoms with E-state index in [-0.39, 0.29) is 12.2 Å². The molecule has 0 spiro atoms. The van der Waals surface area contributed by atoms with Crippen LogP contribution in [0.5, 0.6) is 0 Å². The normalized spacial score (nSPS) is 26.9. The van der Waals surface area contributed by atoms with Crippen LogP contribution in [0.1, 0.15) is 62.9 Å². The van der Waals surface area contributed by atoms with Crippen LogP contribution >= 0.6 is 11.3 Å². The van der Waals surface area contributed by atoms with E-state index in [4.69, 9.17) is 0 Å². The van der Waals surface area contributed by atoms with Crippen molar-refractivity contribution >= 4 is 17.2 Å². The molecular weight excluding hydrogens is 280 g/mol. The lowest BCUT2D eigenvalue weighted by Gasteiger charge is -2.24. The van der Waals surface area contributed by atoms with Crippen molar-refractivity contribution in [1.29, 1.82) is 0 Å². The summed E-state index contributed by atoms with van der Waals surface area (Å²) in [6, 6.07) is 4.21. The first kappa shape index (κ1) is 15.0. The Morgan fingerprint density at radius 2 is 2.19 bits per heavy atom. The predicted molar refractivity (Wildman–Crippen MR) is 87.2 cm³/mol. The third kappa shape index (κ3) is 3.32. The second kappa shape index (κ2) is 6.93. The van der Waals surface area contributed by atoms with Crippen LogP contribution in [-0.4, -0.2) is 23.4 Å². The van der Waals surface area contributed by atoms with Crippen LogP contribution in [0.15, 0.2) is 17.5 Å². The number of nitrogens with one attached hydrogen (secondary N) is 1. The molecule has 1 aliphatic carbocycles. The Labute approximate surface area is 131 Å². The molecule has 2 atom stereocenters. The first-order valence-electron chi connectivity index (χ1n) is 8.39. The fraction of sp³-hybridized carbons (Fsp3) is 0.706. The van der Waals surface area contributed by atoms with Gasteiger partial charge in [0, 0.05) is 11.4 Å². The minimum absolute atomic E-state index is 0.00332. The molecule has 1 aliphatic heterocycles. The predicted octanol–water partition coefficient (Wildman–Crippen LogP) is 3.93. The van der Waals surface area contributed by atoms with Crippen molar-refractivity contribution in [3.05, 3.63) is 22.4 Å². The second-order valence-electron chi connectivity index (χ2n) is 6.37. The maximum absolute atomic E-state index is 12.5. The summed E-state index contributed by atoms with van der Waals surface area (Å²) < 4.78 is 0. The second-order valence-corrected chi connectivity index (χ2v) is 7.35. The molecule has 3 rings (SSSR count). The highest BCUT2D eigenvalue weighted by Gasteiger charge is 2.38. The van der Waals surface area contributed by atoms with Crippen LogP contribution in [0.25, 0.3) is 0 Å². The fourth-order valence-electron chi connectivity index (χ4n) is 3.74. The van der Waals surface area contributed by atoms with E-state index in [0.717, 1.165) is 25.3 Å². The summed E-state index contributed by atoms with van der Waals surface area (Å²) in [6.45, 7) is 2.99. The average molecular weight is 306 g/mol. The van der Waals surface area contributed by atoms with Crippen LogP contribution < -0.4 is 5.32 Å². The number of hydrogen-bond donors (Lipinski definition) is 1. The Bertz CT molecular complexity index is 453. The van der Waals surface area contributed by atoms with E-state index in [2.05, 4.69) is 34.7 Å². The Morgan fingerprint density at radius 1 is 1.38 bits per heavy atom. The van der Waals surface area contributed by atoms with Crippen molar-refractivity contribution in [3.63, 3.8) is 0 Å². The van der Waals surface area contributed by atoms with E-state index in [0.29, 0.717) is 5.91 Å². The van der Waals surface area contributed by atoms with E-state index in [9.17, 15) is 4.79 Å². The van der Waals surface area contributed by atoms with Gasteiger partial charge in [-0.05, 0) is 36.6 Å². The number of carbonyl (C=O) groups is 1. The zero-order valence-corrected chi connectivity index (χ0v) is 13.7. The molecule has 21 heavy (non-hydrogen) atoms. The van der Waals surface area contributed by atoms with Gasteiger partial charge in [-0.25, -0.2) is 0 Å². The molecule has 1 aromatic rings. The zero-order chi connectivity index (χ0) is 14.7. The first-order valence-corrected chi connectivity index (χ1v) is 9.27. The minimum atomic E-state index is 0.00332. The van der Waals surface area contributed by atoms with Gasteiger partial charge in [0.15, 0.2) is 0 Å². The molecule has 1 amide bonds. The summed E-state index contributed by atoms with van der Waals surface area (Å²) in [5.74, 6) is 1.21. The van der Waals surface area contributed by atoms with E-state index < -0.39 is 0 Å². The van der Waals surface area contributed by atoms with Gasteiger partial charge in [0.1, 0.15) is 6.17 Å². The van der Waals surface area contributed by atoms with Gasteiger partial charge in [0.25, 0.3) is 0 Å². The van der Waals surface area contributed by atoms with Crippen molar-refractivity contribution in [3.8, 4) is 0 Å². The van der Waals surface area contributed by atoms with Crippen molar-refractivity contribution in [2.24, 2.45) is 5.92 Å². The Kier molecular flexibility index (Phi) is 4.96. The molecule has 0 bridgehead atoms. The van der Waals surface area contributed by atoms with Gasteiger partial charge in [0.2, 0.25) is 5.91 Å². The highest BCUT2D eigenvalue weighted by molar-refractivity contribution is 7.10. The van der Waals surface area contributed by atoms with E-state index >= 15 is 0 Å². The van der Waals surface area contributed by atoms with Crippen LogP contribution in [0.2, 0.25) is 0 Å². The number of rotatable bonds is 6.